The zero-order valence-corrected chi connectivity index (χ0v) is 35.8. The van der Waals surface area contributed by atoms with Crippen LogP contribution in [-0.4, -0.2) is 155 Å². The summed E-state index contributed by atoms with van der Waals surface area (Å²) >= 11 is 0. The van der Waals surface area contributed by atoms with Gasteiger partial charge in [0.25, 0.3) is 0 Å². The lowest BCUT2D eigenvalue weighted by atomic mass is 9.75. The van der Waals surface area contributed by atoms with Gasteiger partial charge in [-0.25, -0.2) is 0 Å². The Labute approximate surface area is 329 Å². The first-order valence-corrected chi connectivity index (χ1v) is 20.5. The highest BCUT2D eigenvalue weighted by Gasteiger charge is 2.58. The summed E-state index contributed by atoms with van der Waals surface area (Å²) in [5, 5.41) is 68.6. The molecule has 0 aliphatic carbocycles. The van der Waals surface area contributed by atoms with Crippen molar-refractivity contribution in [2.45, 2.75) is 198 Å². The van der Waals surface area contributed by atoms with Crippen LogP contribution < -0.4 is 16.0 Å². The van der Waals surface area contributed by atoms with E-state index in [-0.39, 0.29) is 43.9 Å². The second-order valence-electron chi connectivity index (χ2n) is 17.6. The normalized spacial score (nSPS) is 48.4. The molecule has 0 unspecified atom stereocenters. The van der Waals surface area contributed by atoms with Crippen LogP contribution in [0.15, 0.2) is 0 Å². The van der Waals surface area contributed by atoms with E-state index >= 15 is 0 Å². The van der Waals surface area contributed by atoms with Crippen molar-refractivity contribution in [2.75, 3.05) is 33.8 Å². The van der Waals surface area contributed by atoms with Gasteiger partial charge in [0, 0.05) is 38.1 Å². The molecule has 3 fully saturated rings. The molecule has 15 nitrogen and oxygen atoms in total. The molecular weight excluding hydrogens is 714 g/mol. The van der Waals surface area contributed by atoms with Crippen LogP contribution in [0.25, 0.3) is 0 Å². The number of aliphatic hydroxyl groups is 5. The van der Waals surface area contributed by atoms with E-state index in [0.717, 1.165) is 6.42 Å². The number of esters is 1. The number of aliphatic hydroxyl groups excluding tert-OH is 2. The lowest BCUT2D eigenvalue weighted by Crippen LogP contribution is -2.70. The highest BCUT2D eigenvalue weighted by molar-refractivity contribution is 5.73. The van der Waals surface area contributed by atoms with Crippen LogP contribution in [0.1, 0.15) is 108 Å². The Morgan fingerprint density at radius 2 is 1.62 bits per heavy atom. The summed E-state index contributed by atoms with van der Waals surface area (Å²) in [5.74, 6) is -2.67. The smallest absolute Gasteiger partial charge is 0.311 e. The Bertz CT molecular complexity index is 1200. The number of hydrogen-bond donors (Lipinski definition) is 8. The van der Waals surface area contributed by atoms with Gasteiger partial charge in [0.2, 0.25) is 0 Å². The van der Waals surface area contributed by atoms with Gasteiger partial charge in [0.15, 0.2) is 12.6 Å². The fraction of sp³-hybridized carbons (Fsp3) is 0.975. The van der Waals surface area contributed by atoms with Gasteiger partial charge in [0.1, 0.15) is 35.1 Å². The molecule has 3 aliphatic heterocycles. The van der Waals surface area contributed by atoms with Crippen molar-refractivity contribution in [2.24, 2.45) is 17.8 Å². The number of hydrogen-bond acceptors (Lipinski definition) is 15. The van der Waals surface area contributed by atoms with Crippen LogP contribution in [0.4, 0.5) is 0 Å². The number of likely N-dealkylation sites (N-methyl/N-ethyl adjacent to an activating group) is 1. The largest absolute Gasteiger partial charge is 0.459 e. The third kappa shape index (κ3) is 11.0. The van der Waals surface area contributed by atoms with Crippen LogP contribution in [0.3, 0.4) is 0 Å². The van der Waals surface area contributed by atoms with E-state index in [1.807, 2.05) is 27.7 Å². The third-order valence-electron chi connectivity index (χ3n) is 12.8. The Kier molecular flexibility index (Phi) is 17.4. The molecule has 3 heterocycles. The molecule has 3 saturated heterocycles. The van der Waals surface area contributed by atoms with Crippen molar-refractivity contribution in [3.63, 3.8) is 0 Å². The van der Waals surface area contributed by atoms with Gasteiger partial charge >= 0.3 is 5.97 Å². The Morgan fingerprint density at radius 3 is 2.20 bits per heavy atom. The van der Waals surface area contributed by atoms with Crippen molar-refractivity contribution in [3.05, 3.63) is 0 Å². The van der Waals surface area contributed by atoms with Crippen LogP contribution in [-0.2, 0) is 33.2 Å². The SMILES string of the molecule is CCCNC[C@]1(O)[C@H](C)O[C@@H](O[C@H]2[C@H](C)[C@@H](O[C@@H]3O[C@H](C)C[C@H](NC)[C@H]3O)[C@](C)(O)C[C@@H](C)CN[C@@H](C)[C@@H](O)[C@](C)(O)[C@H](CC)OC(=O)[C@@H]2C)C[C@@]1(C)OC. The van der Waals surface area contributed by atoms with Crippen molar-refractivity contribution in [3.8, 4) is 0 Å². The third-order valence-corrected chi connectivity index (χ3v) is 12.8. The van der Waals surface area contributed by atoms with Crippen LogP contribution in [0.5, 0.6) is 0 Å². The quantitative estimate of drug-likeness (QED) is 0.110. The molecule has 324 valence electrons. The molecule has 8 N–H and O–H groups in total. The topological polar surface area (TPSA) is 210 Å². The van der Waals surface area contributed by atoms with Crippen molar-refractivity contribution >= 4 is 5.97 Å². The number of cyclic esters (lactones) is 1. The average Bonchev–Trinajstić information content (AvgIpc) is 3.12. The second-order valence-corrected chi connectivity index (χ2v) is 17.6. The van der Waals surface area contributed by atoms with Gasteiger partial charge in [-0.15, -0.1) is 0 Å². The summed E-state index contributed by atoms with van der Waals surface area (Å²) in [6, 6.07) is -0.928. The molecule has 3 aliphatic rings. The lowest BCUT2D eigenvalue weighted by molar-refractivity contribution is -0.335. The van der Waals surface area contributed by atoms with E-state index in [1.54, 1.807) is 48.6 Å². The van der Waals surface area contributed by atoms with Crippen molar-refractivity contribution < 1.29 is 58.7 Å². The molecule has 0 aromatic heterocycles. The molecule has 15 heteroatoms. The molecule has 55 heavy (non-hydrogen) atoms. The van der Waals surface area contributed by atoms with Crippen molar-refractivity contribution in [1.82, 2.24) is 16.0 Å². The van der Waals surface area contributed by atoms with E-state index in [1.165, 1.54) is 14.0 Å². The monoisotopic (exact) mass is 792 g/mol. The summed E-state index contributed by atoms with van der Waals surface area (Å²) < 4.78 is 38.1. The van der Waals surface area contributed by atoms with Crippen molar-refractivity contribution in [1.29, 1.82) is 0 Å². The average molecular weight is 792 g/mol. The van der Waals surface area contributed by atoms with Gasteiger partial charge < -0.3 is 69.9 Å². The molecule has 3 rings (SSSR count). The zero-order valence-electron chi connectivity index (χ0n) is 35.8. The number of carbonyl (C=O) groups excluding carboxylic acids is 1. The summed E-state index contributed by atoms with van der Waals surface area (Å²) in [6.45, 7) is 20.8. The minimum Gasteiger partial charge on any atom is -0.459 e. The summed E-state index contributed by atoms with van der Waals surface area (Å²) in [5.41, 5.74) is -5.95. The zero-order chi connectivity index (χ0) is 41.7. The number of rotatable bonds is 11. The molecule has 0 radical (unpaired) electrons. The Balaban J connectivity index is 2.15. The molecule has 0 amide bonds. The van der Waals surface area contributed by atoms with Gasteiger partial charge in [-0.2, -0.15) is 0 Å². The standard InChI is InChI=1S/C40H77N3O12/c1-14-16-42-21-40(49)27(8)52-30(19-38(40,10)50-13)54-32-24(5)34(55-36-31(44)28(41-12)17-23(4)51-36)37(9,47)18-22(3)20-43-26(7)33(45)39(11,48)29(15-2)53-35(46)25(32)6/h22-34,36,41-45,47-49H,14-21H2,1-13H3/t22-,23-,24+,25-,26+,27+,28+,29+,30+,31-,32+,33-,34-,36+,37-,38-,39-,40+/m1/s1. The van der Waals surface area contributed by atoms with E-state index < -0.39 is 95.5 Å². The first kappa shape index (κ1) is 48.3. The van der Waals surface area contributed by atoms with E-state index in [0.29, 0.717) is 19.5 Å². The maximum Gasteiger partial charge on any atom is 0.311 e. The fourth-order valence-corrected chi connectivity index (χ4v) is 9.01. The predicted octanol–water partition coefficient (Wildman–Crippen LogP) is 1.59. The summed E-state index contributed by atoms with van der Waals surface area (Å²) in [7, 11) is 3.29. The van der Waals surface area contributed by atoms with Gasteiger partial charge in [-0.1, -0.05) is 27.7 Å². The van der Waals surface area contributed by atoms with Crippen LogP contribution in [0.2, 0.25) is 0 Å². The maximum absolute atomic E-state index is 14.3. The minimum atomic E-state index is -1.81. The Morgan fingerprint density at radius 1 is 0.964 bits per heavy atom. The first-order chi connectivity index (χ1) is 25.5. The molecule has 18 atom stereocenters. The molecule has 0 aromatic carbocycles. The number of carbonyl (C=O) groups is 1. The van der Waals surface area contributed by atoms with E-state index in [4.69, 9.17) is 28.4 Å². The first-order valence-electron chi connectivity index (χ1n) is 20.5. The fourth-order valence-electron chi connectivity index (χ4n) is 9.01. The second kappa shape index (κ2) is 19.8. The Hall–Kier alpha value is -1.05. The van der Waals surface area contributed by atoms with Gasteiger partial charge in [-0.3, -0.25) is 4.79 Å². The van der Waals surface area contributed by atoms with E-state index in [9.17, 15) is 30.3 Å². The van der Waals surface area contributed by atoms with E-state index in [2.05, 4.69) is 16.0 Å². The van der Waals surface area contributed by atoms with Gasteiger partial charge in [0.05, 0.1) is 35.9 Å². The number of ether oxygens (including phenoxy) is 6. The molecular formula is C40H77N3O12. The number of methoxy groups -OCH3 is 1. The van der Waals surface area contributed by atoms with Crippen LogP contribution in [0, 0.1) is 17.8 Å². The lowest BCUT2D eigenvalue weighted by Gasteiger charge is -2.53. The van der Waals surface area contributed by atoms with Crippen LogP contribution >= 0.6 is 0 Å². The number of nitrogens with one attached hydrogen (secondary N) is 3. The molecule has 0 bridgehead atoms. The van der Waals surface area contributed by atoms with Gasteiger partial charge in [-0.05, 0) is 100 Å². The molecule has 0 saturated carbocycles. The maximum atomic E-state index is 14.3. The molecule has 0 spiro atoms. The summed E-state index contributed by atoms with van der Waals surface area (Å²) in [6.07, 6.45) is -6.76. The molecule has 0 aromatic rings. The highest BCUT2D eigenvalue weighted by atomic mass is 16.7. The predicted molar refractivity (Wildman–Crippen MR) is 207 cm³/mol. The minimum absolute atomic E-state index is 0.0932. The highest BCUT2D eigenvalue weighted by Crippen LogP contribution is 2.43. The summed E-state index contributed by atoms with van der Waals surface area (Å²) in [4.78, 5) is 14.3.